The van der Waals surface area contributed by atoms with Crippen molar-refractivity contribution in [1.29, 1.82) is 0 Å². The summed E-state index contributed by atoms with van der Waals surface area (Å²) in [7, 11) is 0. The number of aromatic hydroxyl groups is 1. The molecule has 1 fully saturated rings. The maximum absolute atomic E-state index is 13.1. The van der Waals surface area contributed by atoms with Crippen molar-refractivity contribution in [1.82, 2.24) is 10.3 Å². The molecule has 7 nitrogen and oxygen atoms in total. The summed E-state index contributed by atoms with van der Waals surface area (Å²) in [6, 6.07) is 22.9. The Hall–Kier alpha value is -3.91. The van der Waals surface area contributed by atoms with Crippen LogP contribution in [0.2, 0.25) is 0 Å². The Morgan fingerprint density at radius 3 is 2.83 bits per heavy atom. The van der Waals surface area contributed by atoms with Gasteiger partial charge in [0.2, 0.25) is 0 Å². The number of thioether (sulfide) groups is 1. The molecular formula is C27H23N3O4S. The molecule has 3 aliphatic rings. The van der Waals surface area contributed by atoms with Gasteiger partial charge in [0.15, 0.2) is 11.5 Å². The van der Waals surface area contributed by atoms with Crippen LogP contribution in [0.5, 0.6) is 17.2 Å². The minimum atomic E-state index is -1.20. The number of nitrogens with zero attached hydrogens (tertiary/aromatic N) is 2. The Morgan fingerprint density at radius 1 is 1.20 bits per heavy atom. The Bertz CT molecular complexity index is 1370. The first kappa shape index (κ1) is 21.6. The highest BCUT2D eigenvalue weighted by molar-refractivity contribution is 8.05. The van der Waals surface area contributed by atoms with E-state index >= 15 is 0 Å². The first-order valence-corrected chi connectivity index (χ1v) is 12.3. The molecule has 2 atom stereocenters. The number of amides is 1. The molecule has 3 aliphatic heterocycles. The van der Waals surface area contributed by atoms with E-state index in [0.717, 1.165) is 28.2 Å². The second-order valence-electron chi connectivity index (χ2n) is 8.42. The molecule has 0 radical (unpaired) electrons. The van der Waals surface area contributed by atoms with E-state index in [1.165, 1.54) is 11.8 Å². The van der Waals surface area contributed by atoms with Gasteiger partial charge < -0.3 is 14.6 Å². The van der Waals surface area contributed by atoms with Crippen LogP contribution >= 0.6 is 11.8 Å². The molecule has 8 heteroatoms. The predicted molar refractivity (Wildman–Crippen MR) is 135 cm³/mol. The van der Waals surface area contributed by atoms with Crippen LogP contribution in [0.4, 0.5) is 0 Å². The third-order valence-electron chi connectivity index (χ3n) is 6.17. The van der Waals surface area contributed by atoms with Crippen molar-refractivity contribution in [2.45, 2.75) is 24.6 Å². The van der Waals surface area contributed by atoms with Crippen LogP contribution in [0.25, 0.3) is 6.08 Å². The lowest BCUT2D eigenvalue weighted by Gasteiger charge is -2.43. The van der Waals surface area contributed by atoms with Crippen LogP contribution in [0.1, 0.15) is 36.1 Å². The van der Waals surface area contributed by atoms with Gasteiger partial charge in [0, 0.05) is 12.0 Å². The maximum atomic E-state index is 13.1. The number of carbonyl (C=O) groups is 1. The van der Waals surface area contributed by atoms with Crippen LogP contribution in [0, 0.1) is 0 Å². The monoisotopic (exact) mass is 485 g/mol. The predicted octanol–water partition coefficient (Wildman–Crippen LogP) is 4.85. The largest absolute Gasteiger partial charge is 0.504 e. The van der Waals surface area contributed by atoms with Crippen LogP contribution in [-0.2, 0) is 4.79 Å². The van der Waals surface area contributed by atoms with Crippen molar-refractivity contribution in [3.8, 4) is 17.2 Å². The second-order valence-corrected chi connectivity index (χ2v) is 9.62. The van der Waals surface area contributed by atoms with Crippen molar-refractivity contribution in [2.75, 3.05) is 6.61 Å². The molecule has 2 unspecified atom stereocenters. The van der Waals surface area contributed by atoms with E-state index in [-0.39, 0.29) is 17.7 Å². The minimum absolute atomic E-state index is 0.0592. The number of benzene rings is 3. The standard InChI is InChI=1S/C27H23N3O4S/c1-2-33-24-14-17(12-13-22(24)31)15-25-26(32)28-27(35-25)30-21(19-10-6-7-11-23(19)34-27)16-20(29-30)18-8-4-3-5-9-18/h3-15,21,31H,2,16H2,1H3,(H,28,32)/b25-15-. The fourth-order valence-corrected chi connectivity index (χ4v) is 5.76. The smallest absolute Gasteiger partial charge is 0.336 e. The number of hydrogen-bond donors (Lipinski definition) is 2. The summed E-state index contributed by atoms with van der Waals surface area (Å²) in [5, 5.41) is 18.7. The van der Waals surface area contributed by atoms with E-state index < -0.39 is 5.18 Å². The molecule has 176 valence electrons. The summed E-state index contributed by atoms with van der Waals surface area (Å²) in [4.78, 5) is 13.6. The van der Waals surface area contributed by atoms with Crippen molar-refractivity contribution in [3.05, 3.63) is 94.4 Å². The average molecular weight is 486 g/mol. The number of fused-ring (bicyclic) bond motifs is 4. The molecule has 1 saturated heterocycles. The third-order valence-corrected chi connectivity index (χ3v) is 7.34. The molecule has 0 bridgehead atoms. The fourth-order valence-electron chi connectivity index (χ4n) is 4.59. The number of carbonyl (C=O) groups excluding carboxylic acids is 1. The van der Waals surface area contributed by atoms with E-state index in [2.05, 4.69) is 5.32 Å². The van der Waals surface area contributed by atoms with Gasteiger partial charge in [-0.2, -0.15) is 5.10 Å². The lowest BCUT2D eigenvalue weighted by Crippen LogP contribution is -2.58. The molecule has 3 heterocycles. The number of ether oxygens (including phenoxy) is 2. The molecular weight excluding hydrogens is 462 g/mol. The number of phenols is 1. The first-order valence-electron chi connectivity index (χ1n) is 11.5. The minimum Gasteiger partial charge on any atom is -0.504 e. The number of nitrogens with one attached hydrogen (secondary N) is 1. The highest BCUT2D eigenvalue weighted by atomic mass is 32.2. The lowest BCUT2D eigenvalue weighted by molar-refractivity contribution is -0.127. The van der Waals surface area contributed by atoms with Crippen LogP contribution < -0.4 is 14.8 Å². The number of hydrazone groups is 1. The molecule has 35 heavy (non-hydrogen) atoms. The Kier molecular flexibility index (Phi) is 5.18. The highest BCUT2D eigenvalue weighted by Crippen LogP contribution is 2.53. The zero-order valence-corrected chi connectivity index (χ0v) is 19.8. The van der Waals surface area contributed by atoms with Gasteiger partial charge in [-0.1, -0.05) is 54.6 Å². The number of phenolic OH excluding ortho intramolecular Hbond substituents is 1. The molecule has 1 spiro atoms. The van der Waals surface area contributed by atoms with Gasteiger partial charge in [-0.15, -0.1) is 0 Å². The fraction of sp³-hybridized carbons (Fsp3) is 0.185. The normalized spacial score (nSPS) is 23.5. The molecule has 0 aromatic heterocycles. The van der Waals surface area contributed by atoms with Crippen molar-refractivity contribution >= 4 is 29.5 Å². The molecule has 6 rings (SSSR count). The summed E-state index contributed by atoms with van der Waals surface area (Å²) in [6.07, 6.45) is 2.48. The van der Waals surface area contributed by atoms with Crippen LogP contribution in [0.3, 0.4) is 0 Å². The van der Waals surface area contributed by atoms with E-state index in [1.54, 1.807) is 24.3 Å². The summed E-state index contributed by atoms with van der Waals surface area (Å²) >= 11 is 1.29. The molecule has 2 N–H and O–H groups in total. The van der Waals surface area contributed by atoms with E-state index in [9.17, 15) is 9.90 Å². The molecule has 1 amide bonds. The van der Waals surface area contributed by atoms with Crippen LogP contribution in [0.15, 0.2) is 82.8 Å². The SMILES string of the molecule is CCOc1cc(/C=C2\SC3(NC2=O)Oc2ccccc2C2CC(c4ccccc4)=NN23)ccc1O. The Morgan fingerprint density at radius 2 is 2.00 bits per heavy atom. The van der Waals surface area contributed by atoms with Gasteiger partial charge in [-0.3, -0.25) is 10.1 Å². The van der Waals surface area contributed by atoms with Gasteiger partial charge in [-0.05, 0) is 54.1 Å². The Balaban J connectivity index is 1.39. The molecule has 0 saturated carbocycles. The number of para-hydroxylation sites is 1. The van der Waals surface area contributed by atoms with E-state index in [0.29, 0.717) is 23.7 Å². The first-order chi connectivity index (χ1) is 17.1. The molecule has 3 aromatic rings. The second kappa shape index (κ2) is 8.39. The summed E-state index contributed by atoms with van der Waals surface area (Å²) in [5.74, 6) is 0.918. The van der Waals surface area contributed by atoms with Gasteiger partial charge in [0.05, 0.1) is 23.3 Å². The molecule has 3 aromatic carbocycles. The van der Waals surface area contributed by atoms with Crippen LogP contribution in [-0.4, -0.2) is 33.5 Å². The summed E-state index contributed by atoms with van der Waals surface area (Å²) in [5.41, 5.74) is 3.78. The topological polar surface area (TPSA) is 83.4 Å². The quantitative estimate of drug-likeness (QED) is 0.514. The van der Waals surface area contributed by atoms with Crippen molar-refractivity contribution in [3.63, 3.8) is 0 Å². The van der Waals surface area contributed by atoms with Crippen molar-refractivity contribution < 1.29 is 19.4 Å². The number of hydrogen-bond acceptors (Lipinski definition) is 7. The highest BCUT2D eigenvalue weighted by Gasteiger charge is 2.57. The maximum Gasteiger partial charge on any atom is 0.336 e. The average Bonchev–Trinajstić information content (AvgIpc) is 3.45. The zero-order valence-electron chi connectivity index (χ0n) is 19.0. The van der Waals surface area contributed by atoms with Crippen molar-refractivity contribution in [2.24, 2.45) is 5.10 Å². The lowest BCUT2D eigenvalue weighted by atomic mass is 9.97. The van der Waals surface area contributed by atoms with Gasteiger partial charge >= 0.3 is 5.18 Å². The van der Waals surface area contributed by atoms with Gasteiger partial charge in [0.1, 0.15) is 5.75 Å². The Labute approximate surface area is 207 Å². The number of rotatable bonds is 4. The van der Waals surface area contributed by atoms with Gasteiger partial charge in [0.25, 0.3) is 5.91 Å². The van der Waals surface area contributed by atoms with E-state index in [1.807, 2.05) is 66.5 Å². The summed E-state index contributed by atoms with van der Waals surface area (Å²) < 4.78 is 11.9. The third kappa shape index (κ3) is 3.70. The molecule has 0 aliphatic carbocycles. The van der Waals surface area contributed by atoms with E-state index in [4.69, 9.17) is 14.6 Å². The van der Waals surface area contributed by atoms with Gasteiger partial charge in [-0.25, -0.2) is 5.01 Å². The summed E-state index contributed by atoms with van der Waals surface area (Å²) in [6.45, 7) is 2.28. The zero-order chi connectivity index (χ0) is 24.0.